The van der Waals surface area contributed by atoms with E-state index in [0.29, 0.717) is 0 Å². The number of hydrogen-bond acceptors (Lipinski definition) is 5. The van der Waals surface area contributed by atoms with Crippen LogP contribution < -0.4 is 19.8 Å². The molecule has 6 nitrogen and oxygen atoms in total. The van der Waals surface area contributed by atoms with Crippen molar-refractivity contribution in [3.05, 3.63) is 40.8 Å². The molecule has 0 fully saturated rings. The largest absolute Gasteiger partial charge is 0.491 e. The summed E-state index contributed by atoms with van der Waals surface area (Å²) in [4.78, 5) is 12.3. The molecule has 0 unspecified atom stereocenters. The van der Waals surface area contributed by atoms with Crippen LogP contribution in [0.4, 0.5) is 17.6 Å². The highest BCUT2D eigenvalue weighted by Crippen LogP contribution is 2.28. The fourth-order valence-electron chi connectivity index (χ4n) is 1.82. The number of ether oxygens (including phenoxy) is 3. The summed E-state index contributed by atoms with van der Waals surface area (Å²) in [6, 6.07) is 4.62. The number of aromatic nitrogens is 2. The molecule has 0 radical (unpaired) electrons. The van der Waals surface area contributed by atoms with E-state index in [4.69, 9.17) is 9.47 Å². The van der Waals surface area contributed by atoms with E-state index >= 15 is 0 Å². The Morgan fingerprint density at radius 1 is 1.21 bits per heavy atom. The summed E-state index contributed by atoms with van der Waals surface area (Å²) in [5, 5.41) is 3.81. The molecule has 0 atom stereocenters. The minimum absolute atomic E-state index is 0.0171. The van der Waals surface area contributed by atoms with E-state index in [2.05, 4.69) is 9.84 Å². The van der Waals surface area contributed by atoms with Gasteiger partial charge in [0, 0.05) is 6.07 Å². The third-order valence-electron chi connectivity index (χ3n) is 2.90. The lowest BCUT2D eigenvalue weighted by Gasteiger charge is -2.17. The van der Waals surface area contributed by atoms with Crippen LogP contribution in [-0.2, 0) is 0 Å². The predicted molar refractivity (Wildman–Crippen MR) is 74.5 cm³/mol. The molecule has 10 heteroatoms. The van der Waals surface area contributed by atoms with Crippen LogP contribution >= 0.6 is 0 Å². The Balaban J connectivity index is 2.45. The van der Waals surface area contributed by atoms with Crippen molar-refractivity contribution in [3.8, 4) is 22.9 Å². The molecule has 0 aliphatic rings. The maximum absolute atomic E-state index is 13.0. The highest BCUT2D eigenvalue weighted by atomic mass is 19.3. The van der Waals surface area contributed by atoms with Gasteiger partial charge in [0.15, 0.2) is 5.75 Å². The molecule has 0 saturated carbocycles. The van der Waals surface area contributed by atoms with Crippen LogP contribution in [0.1, 0.15) is 0 Å². The first-order chi connectivity index (χ1) is 11.3. The lowest BCUT2D eigenvalue weighted by Crippen LogP contribution is -2.33. The van der Waals surface area contributed by atoms with Gasteiger partial charge >= 0.3 is 18.1 Å². The van der Waals surface area contributed by atoms with Crippen LogP contribution in [0.5, 0.6) is 17.2 Å². The Labute approximate surface area is 133 Å². The molecule has 1 aromatic heterocycles. The Kier molecular flexibility index (Phi) is 4.96. The zero-order valence-corrected chi connectivity index (χ0v) is 12.5. The van der Waals surface area contributed by atoms with Gasteiger partial charge in [0.25, 0.3) is 0 Å². The number of alkyl halides is 4. The normalized spacial score (nSPS) is 11.5. The summed E-state index contributed by atoms with van der Waals surface area (Å²) in [6.45, 7) is 0. The van der Waals surface area contributed by atoms with E-state index < -0.39 is 23.8 Å². The summed E-state index contributed by atoms with van der Waals surface area (Å²) in [7, 11) is 2.55. The van der Waals surface area contributed by atoms with Gasteiger partial charge in [-0.15, -0.1) is 0 Å². The standard InChI is InChI=1S/C14H12F4N2O4/c1-22-10-7-19-20(12(21)11(10)23-2)8-4-3-5-9(6-8)24-14(17,18)13(15)16/h3-7,13H,1-2H3. The number of benzene rings is 1. The molecule has 0 aliphatic carbocycles. The number of halogens is 4. The van der Waals surface area contributed by atoms with Crippen LogP contribution in [0.3, 0.4) is 0 Å². The lowest BCUT2D eigenvalue weighted by atomic mass is 10.3. The molecular weight excluding hydrogens is 336 g/mol. The zero-order chi connectivity index (χ0) is 17.9. The van der Waals surface area contributed by atoms with Crippen LogP contribution in [0.15, 0.2) is 35.3 Å². The second kappa shape index (κ2) is 6.77. The van der Waals surface area contributed by atoms with Gasteiger partial charge in [-0.05, 0) is 12.1 Å². The van der Waals surface area contributed by atoms with Gasteiger partial charge in [0.1, 0.15) is 5.75 Å². The van der Waals surface area contributed by atoms with Crippen LogP contribution in [0.2, 0.25) is 0 Å². The number of nitrogens with zero attached hydrogens (tertiary/aromatic N) is 2. The summed E-state index contributed by atoms with van der Waals surface area (Å²) in [5.41, 5.74) is -0.710. The fraction of sp³-hybridized carbons (Fsp3) is 0.286. The maximum Gasteiger partial charge on any atom is 0.461 e. The van der Waals surface area contributed by atoms with Gasteiger partial charge in [0.2, 0.25) is 5.75 Å². The van der Waals surface area contributed by atoms with Gasteiger partial charge in [-0.25, -0.2) is 0 Å². The lowest BCUT2D eigenvalue weighted by molar-refractivity contribution is -0.253. The topological polar surface area (TPSA) is 62.6 Å². The van der Waals surface area contributed by atoms with E-state index in [0.717, 1.165) is 16.8 Å². The van der Waals surface area contributed by atoms with Crippen LogP contribution in [-0.4, -0.2) is 36.5 Å². The first kappa shape index (κ1) is 17.6. The molecule has 1 aromatic carbocycles. The first-order valence-corrected chi connectivity index (χ1v) is 6.46. The average molecular weight is 348 g/mol. The molecule has 24 heavy (non-hydrogen) atoms. The molecule has 0 spiro atoms. The predicted octanol–water partition coefficient (Wildman–Crippen LogP) is 2.49. The van der Waals surface area contributed by atoms with Crippen molar-refractivity contribution in [2.45, 2.75) is 12.5 Å². The summed E-state index contributed by atoms with van der Waals surface area (Å²) in [5.74, 6) is -0.631. The molecule has 0 N–H and O–H groups in total. The third-order valence-corrected chi connectivity index (χ3v) is 2.90. The SMILES string of the molecule is COc1cnn(-c2cccc(OC(F)(F)C(F)F)c2)c(=O)c1OC. The van der Waals surface area contributed by atoms with Crippen molar-refractivity contribution < 1.29 is 31.8 Å². The quantitative estimate of drug-likeness (QED) is 0.751. The van der Waals surface area contributed by atoms with Crippen molar-refractivity contribution >= 4 is 0 Å². The van der Waals surface area contributed by atoms with Crippen molar-refractivity contribution in [1.82, 2.24) is 9.78 Å². The molecule has 1 heterocycles. The van der Waals surface area contributed by atoms with E-state index in [1.807, 2.05) is 0 Å². The van der Waals surface area contributed by atoms with E-state index in [-0.39, 0.29) is 17.2 Å². The number of methoxy groups -OCH3 is 2. The Morgan fingerprint density at radius 3 is 2.50 bits per heavy atom. The second-order valence-corrected chi connectivity index (χ2v) is 4.43. The molecule has 2 aromatic rings. The molecule has 2 rings (SSSR count). The molecule has 0 bridgehead atoms. The molecule has 130 valence electrons. The van der Waals surface area contributed by atoms with Gasteiger partial charge in [-0.3, -0.25) is 4.79 Å². The molecule has 0 saturated heterocycles. The van der Waals surface area contributed by atoms with Gasteiger partial charge in [-0.2, -0.15) is 27.3 Å². The van der Waals surface area contributed by atoms with Crippen molar-refractivity contribution in [1.29, 1.82) is 0 Å². The van der Waals surface area contributed by atoms with Crippen molar-refractivity contribution in [3.63, 3.8) is 0 Å². The second-order valence-electron chi connectivity index (χ2n) is 4.43. The monoisotopic (exact) mass is 348 g/mol. The molecular formula is C14H12F4N2O4. The third kappa shape index (κ3) is 3.42. The fourth-order valence-corrected chi connectivity index (χ4v) is 1.82. The smallest absolute Gasteiger partial charge is 0.461 e. The van der Waals surface area contributed by atoms with Crippen LogP contribution in [0.25, 0.3) is 5.69 Å². The first-order valence-electron chi connectivity index (χ1n) is 6.46. The van der Waals surface area contributed by atoms with Crippen molar-refractivity contribution in [2.75, 3.05) is 14.2 Å². The molecule has 0 aliphatic heterocycles. The Hall–Kier alpha value is -2.78. The highest BCUT2D eigenvalue weighted by molar-refractivity contribution is 5.42. The van der Waals surface area contributed by atoms with Crippen LogP contribution in [0, 0.1) is 0 Å². The number of rotatable bonds is 6. The highest BCUT2D eigenvalue weighted by Gasteiger charge is 2.44. The van der Waals surface area contributed by atoms with Crippen molar-refractivity contribution in [2.24, 2.45) is 0 Å². The molecule has 0 amide bonds. The summed E-state index contributed by atoms with van der Waals surface area (Å²) in [6.07, 6.45) is -7.47. The minimum Gasteiger partial charge on any atom is -0.491 e. The maximum atomic E-state index is 13.0. The Morgan fingerprint density at radius 2 is 1.92 bits per heavy atom. The van der Waals surface area contributed by atoms with Gasteiger partial charge < -0.3 is 14.2 Å². The summed E-state index contributed by atoms with van der Waals surface area (Å²) >= 11 is 0. The van der Waals surface area contributed by atoms with Gasteiger partial charge in [-0.1, -0.05) is 6.07 Å². The van der Waals surface area contributed by atoms with E-state index in [1.165, 1.54) is 32.5 Å². The Bertz CT molecular complexity index is 780. The number of hydrogen-bond donors (Lipinski definition) is 0. The zero-order valence-electron chi connectivity index (χ0n) is 12.5. The minimum atomic E-state index is -4.66. The van der Waals surface area contributed by atoms with E-state index in [9.17, 15) is 22.4 Å². The van der Waals surface area contributed by atoms with E-state index in [1.54, 1.807) is 0 Å². The van der Waals surface area contributed by atoms with Gasteiger partial charge in [0.05, 0.1) is 26.1 Å². The summed E-state index contributed by atoms with van der Waals surface area (Å²) < 4.78 is 65.0. The average Bonchev–Trinajstić information content (AvgIpc) is 2.54.